The molecule has 2 aromatic carbocycles. The number of fused-ring (bicyclic) bond motifs is 1. The van der Waals surface area contributed by atoms with Crippen molar-refractivity contribution >= 4 is 59.0 Å². The van der Waals surface area contributed by atoms with E-state index in [1.807, 2.05) is 25.3 Å². The summed E-state index contributed by atoms with van der Waals surface area (Å²) in [4.78, 5) is 21.9. The molecule has 10 nitrogen and oxygen atoms in total. The first-order valence-corrected chi connectivity index (χ1v) is 20.3. The number of pyridine rings is 1. The van der Waals surface area contributed by atoms with Crippen LogP contribution in [-0.2, 0) is 31.4 Å². The van der Waals surface area contributed by atoms with Gasteiger partial charge in [-0.05, 0) is 44.5 Å². The molecule has 0 aliphatic heterocycles. The highest BCUT2D eigenvalue weighted by atomic mass is 35.5. The van der Waals surface area contributed by atoms with Crippen molar-refractivity contribution in [2.75, 3.05) is 12.4 Å². The largest absolute Gasteiger partial charge is 0.459 e. The molecule has 0 spiro atoms. The highest BCUT2D eigenvalue weighted by Gasteiger charge is 2.21. The SMILES string of the molecule is CC(C)(C)OC(=O)CSc1nc2nc(-c3ccc(-c4ccccc4OS(=O)(=O)O)cc3)c(Cl)cc2n1COCC[Si](C)(C)C. The molecular formula is C30H36ClN3O7S2Si. The van der Waals surface area contributed by atoms with Gasteiger partial charge in [0.05, 0.1) is 22.0 Å². The minimum atomic E-state index is -4.69. The second kappa shape index (κ2) is 13.6. The fraction of sp³-hybridized carbons (Fsp3) is 0.367. The number of esters is 1. The third-order valence-corrected chi connectivity index (χ3v) is 9.50. The van der Waals surface area contributed by atoms with E-state index in [4.69, 9.17) is 39.8 Å². The molecule has 44 heavy (non-hydrogen) atoms. The highest BCUT2D eigenvalue weighted by molar-refractivity contribution is 7.99. The Kier molecular flexibility index (Phi) is 10.5. The predicted octanol–water partition coefficient (Wildman–Crippen LogP) is 7.35. The Bertz CT molecular complexity index is 1750. The van der Waals surface area contributed by atoms with E-state index in [0.29, 0.717) is 50.3 Å². The van der Waals surface area contributed by atoms with Crippen LogP contribution in [0.15, 0.2) is 59.8 Å². The van der Waals surface area contributed by atoms with Crippen LogP contribution in [-0.4, -0.2) is 59.5 Å². The number of benzene rings is 2. The van der Waals surface area contributed by atoms with Gasteiger partial charge in [0.25, 0.3) is 0 Å². The van der Waals surface area contributed by atoms with Gasteiger partial charge >= 0.3 is 16.4 Å². The van der Waals surface area contributed by atoms with E-state index in [9.17, 15) is 13.2 Å². The van der Waals surface area contributed by atoms with E-state index in [-0.39, 0.29) is 24.2 Å². The fourth-order valence-electron chi connectivity index (χ4n) is 4.17. The average molecular weight is 678 g/mol. The van der Waals surface area contributed by atoms with Gasteiger partial charge in [0.1, 0.15) is 12.3 Å². The second-order valence-electron chi connectivity index (χ2n) is 12.3. The lowest BCUT2D eigenvalue weighted by Gasteiger charge is -2.19. The predicted molar refractivity (Wildman–Crippen MR) is 176 cm³/mol. The first kappa shape index (κ1) is 33.9. The van der Waals surface area contributed by atoms with Gasteiger partial charge in [-0.3, -0.25) is 13.9 Å². The van der Waals surface area contributed by atoms with Crippen molar-refractivity contribution in [3.63, 3.8) is 0 Å². The maximum Gasteiger partial charge on any atom is 0.446 e. The summed E-state index contributed by atoms with van der Waals surface area (Å²) in [5.41, 5.74) is 2.87. The van der Waals surface area contributed by atoms with Crippen molar-refractivity contribution in [1.82, 2.24) is 14.5 Å². The Labute approximate surface area is 268 Å². The van der Waals surface area contributed by atoms with Gasteiger partial charge in [0.15, 0.2) is 16.6 Å². The molecule has 14 heteroatoms. The van der Waals surface area contributed by atoms with Crippen LogP contribution in [0.2, 0.25) is 30.7 Å². The smallest absolute Gasteiger partial charge is 0.446 e. The Morgan fingerprint density at radius 3 is 2.34 bits per heavy atom. The van der Waals surface area contributed by atoms with Crippen LogP contribution in [0.25, 0.3) is 33.5 Å². The number of rotatable bonds is 12. The topological polar surface area (TPSA) is 130 Å². The fourth-order valence-corrected chi connectivity index (χ4v) is 6.32. The first-order chi connectivity index (χ1) is 20.5. The summed E-state index contributed by atoms with van der Waals surface area (Å²) in [6.07, 6.45) is 0. The van der Waals surface area contributed by atoms with Gasteiger partial charge in [-0.15, -0.1) is 0 Å². The number of thioether (sulfide) groups is 1. The highest BCUT2D eigenvalue weighted by Crippen LogP contribution is 2.35. The lowest BCUT2D eigenvalue weighted by molar-refractivity contribution is -0.151. The van der Waals surface area contributed by atoms with Gasteiger partial charge in [0.2, 0.25) is 0 Å². The van der Waals surface area contributed by atoms with Gasteiger partial charge in [-0.1, -0.05) is 85.5 Å². The minimum Gasteiger partial charge on any atom is -0.459 e. The average Bonchev–Trinajstić information content (AvgIpc) is 3.23. The number of nitrogens with zero attached hydrogens (tertiary/aromatic N) is 3. The summed E-state index contributed by atoms with van der Waals surface area (Å²) >= 11 is 8.01. The first-order valence-electron chi connectivity index (χ1n) is 13.8. The zero-order chi connectivity index (χ0) is 32.3. The molecular weight excluding hydrogens is 642 g/mol. The maximum atomic E-state index is 12.4. The normalized spacial score (nSPS) is 12.5. The molecule has 0 saturated heterocycles. The van der Waals surface area contributed by atoms with Crippen LogP contribution in [0, 0.1) is 0 Å². The standard InChI is InChI=1S/C30H36ClN3O7S2Si/c1-30(2,3)40-26(35)18-42-29-33-28-24(34(29)19-39-15-16-44(4,5)6)17-23(31)27(32-28)21-13-11-20(12-14-21)22-9-7-8-10-25(22)41-43(36,37)38/h7-14,17H,15-16,18-19H2,1-6H3,(H,36,37,38). The van der Waals surface area contributed by atoms with Crippen molar-refractivity contribution in [3.8, 4) is 28.1 Å². The third-order valence-electron chi connectivity index (χ3n) is 6.17. The zero-order valence-electron chi connectivity index (χ0n) is 25.5. The molecule has 236 valence electrons. The van der Waals surface area contributed by atoms with Crippen molar-refractivity contribution < 1.29 is 31.4 Å². The molecule has 2 heterocycles. The Morgan fingerprint density at radius 1 is 1.05 bits per heavy atom. The summed E-state index contributed by atoms with van der Waals surface area (Å²) in [5, 5.41) is 0.956. The van der Waals surface area contributed by atoms with Crippen molar-refractivity contribution in [2.24, 2.45) is 0 Å². The van der Waals surface area contributed by atoms with Gasteiger partial charge < -0.3 is 13.7 Å². The molecule has 4 aromatic rings. The molecule has 1 N–H and O–H groups in total. The van der Waals surface area contributed by atoms with E-state index in [1.165, 1.54) is 17.8 Å². The van der Waals surface area contributed by atoms with Crippen LogP contribution >= 0.6 is 23.4 Å². The molecule has 0 fully saturated rings. The summed E-state index contributed by atoms with van der Waals surface area (Å²) in [6.45, 7) is 13.2. The van der Waals surface area contributed by atoms with Crippen LogP contribution in [0.1, 0.15) is 20.8 Å². The van der Waals surface area contributed by atoms with Crippen molar-refractivity contribution in [1.29, 1.82) is 0 Å². The number of carbonyl (C=O) groups is 1. The minimum absolute atomic E-state index is 0.00524. The zero-order valence-corrected chi connectivity index (χ0v) is 28.8. The molecule has 0 saturated carbocycles. The van der Waals surface area contributed by atoms with Gasteiger partial charge in [-0.25, -0.2) is 9.97 Å². The van der Waals surface area contributed by atoms with Crippen LogP contribution in [0.5, 0.6) is 5.75 Å². The number of halogens is 1. The number of imidazole rings is 1. The van der Waals surface area contributed by atoms with E-state index in [0.717, 1.165) is 6.04 Å². The lowest BCUT2D eigenvalue weighted by Crippen LogP contribution is -2.25. The van der Waals surface area contributed by atoms with Gasteiger partial charge in [0, 0.05) is 25.8 Å². The summed E-state index contributed by atoms with van der Waals surface area (Å²) in [5.74, 6) is -0.286. The summed E-state index contributed by atoms with van der Waals surface area (Å²) < 4.78 is 49.9. The Balaban J connectivity index is 1.65. The summed E-state index contributed by atoms with van der Waals surface area (Å²) in [7, 11) is -5.98. The molecule has 0 radical (unpaired) electrons. The van der Waals surface area contributed by atoms with E-state index < -0.39 is 24.1 Å². The van der Waals surface area contributed by atoms with Crippen molar-refractivity contribution in [2.45, 2.75) is 63.9 Å². The number of para-hydroxylation sites is 1. The molecule has 0 aliphatic carbocycles. The molecule has 0 bridgehead atoms. The maximum absolute atomic E-state index is 12.4. The second-order valence-corrected chi connectivity index (χ2v) is 20.3. The van der Waals surface area contributed by atoms with Crippen LogP contribution in [0.4, 0.5) is 0 Å². The van der Waals surface area contributed by atoms with Gasteiger partial charge in [-0.2, -0.15) is 8.42 Å². The molecule has 2 aromatic heterocycles. The molecule has 4 rings (SSSR count). The molecule has 0 unspecified atom stereocenters. The molecule has 0 atom stereocenters. The van der Waals surface area contributed by atoms with E-state index in [2.05, 4.69) is 19.6 Å². The monoisotopic (exact) mass is 677 g/mol. The molecule has 0 aliphatic rings. The quantitative estimate of drug-likeness (QED) is 0.0534. The number of hydrogen-bond donors (Lipinski definition) is 1. The number of carbonyl (C=O) groups excluding carboxylic acids is 1. The number of ether oxygens (including phenoxy) is 2. The Morgan fingerprint density at radius 2 is 1.70 bits per heavy atom. The van der Waals surface area contributed by atoms with Crippen LogP contribution < -0.4 is 4.18 Å². The Hall–Kier alpha value is -2.94. The van der Waals surface area contributed by atoms with E-state index in [1.54, 1.807) is 48.5 Å². The molecule has 0 amide bonds. The number of aromatic nitrogens is 3. The lowest BCUT2D eigenvalue weighted by atomic mass is 10.0. The summed E-state index contributed by atoms with van der Waals surface area (Å²) in [6, 6.07) is 16.4. The number of hydrogen-bond acceptors (Lipinski definition) is 9. The van der Waals surface area contributed by atoms with Crippen molar-refractivity contribution in [3.05, 3.63) is 59.6 Å². The van der Waals surface area contributed by atoms with Crippen LogP contribution in [0.3, 0.4) is 0 Å². The third kappa shape index (κ3) is 9.53. The van der Waals surface area contributed by atoms with E-state index >= 15 is 0 Å².